The average Bonchev–Trinajstić information content (AvgIpc) is 3.29. The van der Waals surface area contributed by atoms with Crippen molar-refractivity contribution < 1.29 is 19.0 Å². The van der Waals surface area contributed by atoms with Gasteiger partial charge in [0.25, 0.3) is 5.91 Å². The Morgan fingerprint density at radius 2 is 1.86 bits per heavy atom. The standard InChI is InChI=1S/C34H33FN4O3/c1-37-32-27(12-24(16-31(32)42-2)34(41)38-18-20-5-9-25(38)11-20)36-33(37)29-14-23-7-6-21(22-8-10-26(35)30(40)15-22)13-28(23)39(29)17-19-3-4-19/h6-8,10,12-16,19-20,25,40H,3-5,9,11,17-18H2,1-2H3. The zero-order chi connectivity index (χ0) is 28.7. The van der Waals surface area contributed by atoms with E-state index in [0.29, 0.717) is 29.2 Å². The normalized spacial score (nSPS) is 19.8. The molecular formula is C34H33FN4O3. The second-order valence-electron chi connectivity index (χ2n) is 12.4. The third-order valence-corrected chi connectivity index (χ3v) is 9.62. The number of carbonyl (C=O) groups excluding carboxylic acids is 1. The molecule has 0 radical (unpaired) electrons. The fourth-order valence-electron chi connectivity index (χ4n) is 7.22. The molecule has 3 aliphatic rings. The van der Waals surface area contributed by atoms with E-state index in [1.807, 2.05) is 30.1 Å². The summed E-state index contributed by atoms with van der Waals surface area (Å²) in [5.74, 6) is 1.78. The minimum atomic E-state index is -0.631. The number of aryl methyl sites for hydroxylation is 1. The molecule has 2 aliphatic carbocycles. The molecular weight excluding hydrogens is 531 g/mol. The zero-order valence-electron chi connectivity index (χ0n) is 23.8. The molecule has 1 N–H and O–H groups in total. The maximum atomic E-state index is 13.7. The summed E-state index contributed by atoms with van der Waals surface area (Å²) in [7, 11) is 3.65. The van der Waals surface area contributed by atoms with Crippen LogP contribution in [0.15, 0.2) is 54.6 Å². The third-order valence-electron chi connectivity index (χ3n) is 9.62. The molecule has 2 unspecified atom stereocenters. The van der Waals surface area contributed by atoms with Gasteiger partial charge in [0, 0.05) is 42.6 Å². The second-order valence-corrected chi connectivity index (χ2v) is 12.4. The van der Waals surface area contributed by atoms with Crippen LogP contribution in [0.3, 0.4) is 0 Å². The maximum Gasteiger partial charge on any atom is 0.254 e. The summed E-state index contributed by atoms with van der Waals surface area (Å²) in [4.78, 5) is 20.8. The number of hydrogen-bond donors (Lipinski definition) is 1. The van der Waals surface area contributed by atoms with E-state index in [1.165, 1.54) is 31.4 Å². The van der Waals surface area contributed by atoms with Gasteiger partial charge in [0.05, 0.1) is 18.3 Å². The van der Waals surface area contributed by atoms with Crippen LogP contribution >= 0.6 is 0 Å². The summed E-state index contributed by atoms with van der Waals surface area (Å²) in [6.45, 7) is 1.72. The van der Waals surface area contributed by atoms with Crippen molar-refractivity contribution in [2.75, 3.05) is 13.7 Å². The lowest BCUT2D eigenvalue weighted by molar-refractivity contribution is 0.0703. The molecule has 1 amide bonds. The lowest BCUT2D eigenvalue weighted by Gasteiger charge is -2.27. The van der Waals surface area contributed by atoms with Crippen molar-refractivity contribution in [1.29, 1.82) is 0 Å². The predicted octanol–water partition coefficient (Wildman–Crippen LogP) is 6.75. The van der Waals surface area contributed by atoms with Gasteiger partial charge in [-0.1, -0.05) is 18.2 Å². The minimum absolute atomic E-state index is 0.0665. The number of imidazole rings is 1. The Kier molecular flexibility index (Phi) is 5.65. The number of piperidine rings is 1. The number of nitrogens with zero attached hydrogens (tertiary/aromatic N) is 4. The Bertz CT molecular complexity index is 1900. The number of likely N-dealkylation sites (tertiary alicyclic amines) is 1. The smallest absolute Gasteiger partial charge is 0.254 e. The highest BCUT2D eigenvalue weighted by Gasteiger charge is 2.40. The number of ether oxygens (including phenoxy) is 1. The Morgan fingerprint density at radius 3 is 2.57 bits per heavy atom. The van der Waals surface area contributed by atoms with Crippen molar-refractivity contribution >= 4 is 27.8 Å². The van der Waals surface area contributed by atoms with Gasteiger partial charge in [-0.2, -0.15) is 0 Å². The number of aromatic nitrogens is 3. The fraction of sp³-hybridized carbons (Fsp3) is 0.353. The molecule has 2 saturated carbocycles. The molecule has 7 nitrogen and oxygen atoms in total. The van der Waals surface area contributed by atoms with Gasteiger partial charge in [0.1, 0.15) is 11.3 Å². The number of amides is 1. The highest BCUT2D eigenvalue weighted by atomic mass is 19.1. The SMILES string of the molecule is COc1cc(C(=O)N2CC3CCC2C3)cc2nc(-c3cc4ccc(-c5ccc(F)c(O)c5)cc4n3CC3CC3)n(C)c12. The van der Waals surface area contributed by atoms with Crippen LogP contribution in [-0.2, 0) is 13.6 Å². The van der Waals surface area contributed by atoms with Crippen LogP contribution in [0.4, 0.5) is 4.39 Å². The molecule has 2 bridgehead atoms. The summed E-state index contributed by atoms with van der Waals surface area (Å²) in [5.41, 5.74) is 5.96. The third kappa shape index (κ3) is 3.99. The largest absolute Gasteiger partial charge is 0.505 e. The molecule has 3 aromatic carbocycles. The van der Waals surface area contributed by atoms with Crippen molar-refractivity contribution in [3.63, 3.8) is 0 Å². The minimum Gasteiger partial charge on any atom is -0.505 e. The van der Waals surface area contributed by atoms with Crippen LogP contribution in [0, 0.1) is 17.7 Å². The van der Waals surface area contributed by atoms with Crippen molar-refractivity contribution in [1.82, 2.24) is 19.0 Å². The van der Waals surface area contributed by atoms with E-state index >= 15 is 0 Å². The fourth-order valence-corrected chi connectivity index (χ4v) is 7.22. The molecule has 2 aromatic heterocycles. The van der Waals surface area contributed by atoms with Crippen molar-refractivity contribution in [2.24, 2.45) is 18.9 Å². The average molecular weight is 565 g/mol. The van der Waals surface area contributed by atoms with E-state index in [0.717, 1.165) is 70.5 Å². The predicted molar refractivity (Wildman–Crippen MR) is 160 cm³/mol. The van der Waals surface area contributed by atoms with Gasteiger partial charge < -0.3 is 23.9 Å². The van der Waals surface area contributed by atoms with Crippen LogP contribution < -0.4 is 4.74 Å². The summed E-state index contributed by atoms with van der Waals surface area (Å²) >= 11 is 0. The van der Waals surface area contributed by atoms with Crippen molar-refractivity contribution in [3.8, 4) is 34.1 Å². The quantitative estimate of drug-likeness (QED) is 0.248. The van der Waals surface area contributed by atoms with E-state index < -0.39 is 5.82 Å². The Hall–Kier alpha value is -4.33. The number of phenols is 1. The van der Waals surface area contributed by atoms with Gasteiger partial charge in [-0.3, -0.25) is 4.79 Å². The van der Waals surface area contributed by atoms with Crippen molar-refractivity contribution in [3.05, 3.63) is 66.0 Å². The molecule has 5 aromatic rings. The first-order chi connectivity index (χ1) is 20.4. The number of carbonyl (C=O) groups is 1. The summed E-state index contributed by atoms with van der Waals surface area (Å²) in [5, 5.41) is 11.1. The Balaban J connectivity index is 1.25. The van der Waals surface area contributed by atoms with Crippen LogP contribution in [0.2, 0.25) is 0 Å². The van der Waals surface area contributed by atoms with Gasteiger partial charge in [-0.25, -0.2) is 9.37 Å². The van der Waals surface area contributed by atoms with Crippen LogP contribution in [-0.4, -0.2) is 49.7 Å². The molecule has 8 rings (SSSR count). The summed E-state index contributed by atoms with van der Waals surface area (Å²) < 4.78 is 24.0. The lowest BCUT2D eigenvalue weighted by atomic mass is 10.0. The van der Waals surface area contributed by atoms with Crippen LogP contribution in [0.25, 0.3) is 44.6 Å². The van der Waals surface area contributed by atoms with E-state index in [-0.39, 0.29) is 11.7 Å². The second kappa shape index (κ2) is 9.34. The number of benzene rings is 3. The Labute approximate surface area is 243 Å². The van der Waals surface area contributed by atoms with Crippen LogP contribution in [0.5, 0.6) is 11.5 Å². The molecule has 214 valence electrons. The topological polar surface area (TPSA) is 72.5 Å². The zero-order valence-corrected chi connectivity index (χ0v) is 23.8. The number of halogens is 1. The number of methoxy groups -OCH3 is 1. The number of aromatic hydroxyl groups is 1. The van der Waals surface area contributed by atoms with E-state index in [1.54, 1.807) is 13.2 Å². The maximum absolute atomic E-state index is 13.7. The van der Waals surface area contributed by atoms with Gasteiger partial charge in [0.15, 0.2) is 17.4 Å². The van der Waals surface area contributed by atoms with E-state index in [4.69, 9.17) is 9.72 Å². The van der Waals surface area contributed by atoms with E-state index in [9.17, 15) is 14.3 Å². The van der Waals surface area contributed by atoms with Gasteiger partial charge in [-0.15, -0.1) is 0 Å². The highest BCUT2D eigenvalue weighted by molar-refractivity contribution is 6.00. The van der Waals surface area contributed by atoms with E-state index in [2.05, 4.69) is 27.3 Å². The summed E-state index contributed by atoms with van der Waals surface area (Å²) in [6, 6.07) is 16.9. The molecule has 1 saturated heterocycles. The van der Waals surface area contributed by atoms with Crippen LogP contribution in [0.1, 0.15) is 42.5 Å². The first kappa shape index (κ1) is 25.4. The number of phenolic OH excluding ortho intramolecular Hbond substituents is 1. The first-order valence-corrected chi connectivity index (χ1v) is 14.9. The molecule has 42 heavy (non-hydrogen) atoms. The van der Waals surface area contributed by atoms with Gasteiger partial charge in [-0.05, 0) is 91.5 Å². The molecule has 2 atom stereocenters. The molecule has 3 heterocycles. The number of hydrogen-bond acceptors (Lipinski definition) is 4. The first-order valence-electron chi connectivity index (χ1n) is 14.9. The highest BCUT2D eigenvalue weighted by Crippen LogP contribution is 2.41. The lowest BCUT2D eigenvalue weighted by Crippen LogP contribution is -2.37. The monoisotopic (exact) mass is 564 g/mol. The van der Waals surface area contributed by atoms with Gasteiger partial charge >= 0.3 is 0 Å². The Morgan fingerprint density at radius 1 is 1.05 bits per heavy atom. The molecule has 1 aliphatic heterocycles. The molecule has 0 spiro atoms. The summed E-state index contributed by atoms with van der Waals surface area (Å²) in [6.07, 6.45) is 5.84. The van der Waals surface area contributed by atoms with Gasteiger partial charge in [0.2, 0.25) is 0 Å². The number of rotatable bonds is 6. The molecule has 8 heteroatoms. The molecule has 3 fully saturated rings. The number of fused-ring (bicyclic) bond motifs is 4. The van der Waals surface area contributed by atoms with Crippen molar-refractivity contribution in [2.45, 2.75) is 44.7 Å².